The second kappa shape index (κ2) is 18.5. The molecule has 1 atom stereocenters. The van der Waals surface area contributed by atoms with Crippen LogP contribution in [0.5, 0.6) is 5.75 Å². The fourth-order valence-corrected chi connectivity index (χ4v) is 4.70. The lowest BCUT2D eigenvalue weighted by Gasteiger charge is -2.14. The van der Waals surface area contributed by atoms with Gasteiger partial charge in [-0.25, -0.2) is 9.97 Å². The Morgan fingerprint density at radius 1 is 0.615 bits per heavy atom. The van der Waals surface area contributed by atoms with E-state index in [1.165, 1.54) is 69.8 Å². The molecule has 0 radical (unpaired) electrons. The van der Waals surface area contributed by atoms with E-state index in [4.69, 9.17) is 9.47 Å². The van der Waals surface area contributed by atoms with Crippen molar-refractivity contribution in [3.8, 4) is 28.3 Å². The van der Waals surface area contributed by atoms with E-state index in [2.05, 4.69) is 48.1 Å². The number of unbranched alkanes of at least 4 members (excludes halogenated alkanes) is 10. The van der Waals surface area contributed by atoms with E-state index in [1.807, 2.05) is 43.6 Å². The maximum Gasteiger partial charge on any atom is 0.159 e. The van der Waals surface area contributed by atoms with Crippen LogP contribution in [0.4, 0.5) is 0 Å². The third-order valence-corrected chi connectivity index (χ3v) is 7.26. The fourth-order valence-electron chi connectivity index (χ4n) is 4.70. The number of rotatable bonds is 20. The molecule has 0 saturated carbocycles. The van der Waals surface area contributed by atoms with E-state index in [1.54, 1.807) is 0 Å². The predicted molar refractivity (Wildman–Crippen MR) is 164 cm³/mol. The summed E-state index contributed by atoms with van der Waals surface area (Å²) in [7, 11) is 0. The van der Waals surface area contributed by atoms with Gasteiger partial charge in [0, 0.05) is 30.1 Å². The molecule has 1 heterocycles. The molecule has 212 valence electrons. The number of aryl methyl sites for hydroxylation is 1. The Bertz CT molecular complexity index is 1020. The van der Waals surface area contributed by atoms with E-state index >= 15 is 0 Å². The van der Waals surface area contributed by atoms with E-state index in [-0.39, 0.29) is 6.10 Å². The van der Waals surface area contributed by atoms with Crippen LogP contribution < -0.4 is 4.74 Å². The van der Waals surface area contributed by atoms with Crippen molar-refractivity contribution in [3.63, 3.8) is 0 Å². The summed E-state index contributed by atoms with van der Waals surface area (Å²) in [5.74, 6) is 1.55. The molecule has 0 N–H and O–H groups in total. The van der Waals surface area contributed by atoms with Crippen LogP contribution in [0.1, 0.15) is 103 Å². The molecule has 3 aromatic rings. The van der Waals surface area contributed by atoms with Crippen LogP contribution in [-0.2, 0) is 11.2 Å². The summed E-state index contributed by atoms with van der Waals surface area (Å²) in [6.07, 6.45) is 21.1. The molecule has 1 unspecified atom stereocenters. The first kappa shape index (κ1) is 30.8. The molecular formula is C35H50N2O2. The number of hydrogen-bond acceptors (Lipinski definition) is 4. The van der Waals surface area contributed by atoms with Gasteiger partial charge in [0.25, 0.3) is 0 Å². The smallest absolute Gasteiger partial charge is 0.159 e. The molecule has 0 saturated heterocycles. The molecule has 0 bridgehead atoms. The first-order valence-electron chi connectivity index (χ1n) is 15.5. The maximum absolute atomic E-state index is 5.87. The molecule has 0 aliphatic heterocycles. The zero-order chi connectivity index (χ0) is 27.5. The van der Waals surface area contributed by atoms with E-state index in [0.717, 1.165) is 54.1 Å². The molecule has 1 aromatic heterocycles. The Labute approximate surface area is 237 Å². The van der Waals surface area contributed by atoms with Crippen molar-refractivity contribution in [2.75, 3.05) is 13.2 Å². The Balaban J connectivity index is 1.38. The van der Waals surface area contributed by atoms with Crippen LogP contribution in [0, 0.1) is 0 Å². The second-order valence-electron chi connectivity index (χ2n) is 10.8. The predicted octanol–water partition coefficient (Wildman–Crippen LogP) is 9.86. The van der Waals surface area contributed by atoms with Crippen LogP contribution in [0.2, 0.25) is 0 Å². The van der Waals surface area contributed by atoms with E-state index in [9.17, 15) is 0 Å². The van der Waals surface area contributed by atoms with Crippen LogP contribution >= 0.6 is 0 Å². The van der Waals surface area contributed by atoms with Crippen molar-refractivity contribution >= 4 is 0 Å². The molecule has 4 nitrogen and oxygen atoms in total. The van der Waals surface area contributed by atoms with Gasteiger partial charge in [-0.1, -0.05) is 102 Å². The summed E-state index contributed by atoms with van der Waals surface area (Å²) in [4.78, 5) is 9.25. The minimum absolute atomic E-state index is 0.0842. The highest BCUT2D eigenvalue weighted by atomic mass is 16.5. The van der Waals surface area contributed by atoms with Crippen molar-refractivity contribution in [1.29, 1.82) is 0 Å². The summed E-state index contributed by atoms with van der Waals surface area (Å²) >= 11 is 0. The van der Waals surface area contributed by atoms with Gasteiger partial charge in [0.1, 0.15) is 12.4 Å². The highest BCUT2D eigenvalue weighted by Gasteiger charge is 2.07. The second-order valence-corrected chi connectivity index (χ2v) is 10.8. The third-order valence-electron chi connectivity index (χ3n) is 7.26. The average Bonchev–Trinajstić information content (AvgIpc) is 2.98. The summed E-state index contributed by atoms with van der Waals surface area (Å²) in [5, 5.41) is 0. The molecule has 0 aliphatic rings. The van der Waals surface area contributed by atoms with Crippen molar-refractivity contribution in [2.45, 2.75) is 110 Å². The monoisotopic (exact) mass is 530 g/mol. The van der Waals surface area contributed by atoms with Gasteiger partial charge >= 0.3 is 0 Å². The average molecular weight is 531 g/mol. The first-order valence-corrected chi connectivity index (χ1v) is 15.5. The van der Waals surface area contributed by atoms with Crippen LogP contribution in [-0.4, -0.2) is 29.3 Å². The summed E-state index contributed by atoms with van der Waals surface area (Å²) in [6, 6.07) is 16.9. The number of benzene rings is 2. The molecular weight excluding hydrogens is 480 g/mol. The van der Waals surface area contributed by atoms with E-state index < -0.39 is 0 Å². The van der Waals surface area contributed by atoms with Gasteiger partial charge in [0.2, 0.25) is 0 Å². The standard InChI is InChI=1S/C35H50N2O2/c1-4-6-8-9-10-11-12-13-14-15-16-30-17-19-31(20-18-30)33-26-36-35(37-27-33)32-21-23-34(24-22-32)39-28-29(3)38-25-7-5-2/h17-24,26-27,29H,4-16,25,28H2,1-3H3. The van der Waals surface area contributed by atoms with E-state index in [0.29, 0.717) is 6.61 Å². The lowest BCUT2D eigenvalue weighted by atomic mass is 10.0. The van der Waals surface area contributed by atoms with Crippen molar-refractivity contribution in [3.05, 3.63) is 66.5 Å². The molecule has 39 heavy (non-hydrogen) atoms. The first-order chi connectivity index (χ1) is 19.2. The molecule has 3 rings (SSSR count). The van der Waals surface area contributed by atoms with Gasteiger partial charge in [0.15, 0.2) is 5.82 Å². The normalized spacial score (nSPS) is 12.0. The number of hydrogen-bond donors (Lipinski definition) is 0. The summed E-state index contributed by atoms with van der Waals surface area (Å²) in [6.45, 7) is 7.83. The van der Waals surface area contributed by atoms with Gasteiger partial charge in [-0.05, 0) is 61.6 Å². The van der Waals surface area contributed by atoms with Gasteiger partial charge in [-0.3, -0.25) is 0 Å². The molecule has 4 heteroatoms. The topological polar surface area (TPSA) is 44.2 Å². The maximum atomic E-state index is 5.87. The number of aromatic nitrogens is 2. The number of ether oxygens (including phenoxy) is 2. The quantitative estimate of drug-likeness (QED) is 0.136. The highest BCUT2D eigenvalue weighted by molar-refractivity contribution is 5.64. The molecule has 0 spiro atoms. The van der Waals surface area contributed by atoms with Crippen LogP contribution in [0.25, 0.3) is 22.5 Å². The Kier molecular flexibility index (Phi) is 14.7. The van der Waals surface area contributed by atoms with Crippen molar-refractivity contribution < 1.29 is 9.47 Å². The largest absolute Gasteiger partial charge is 0.491 e. The molecule has 0 aliphatic carbocycles. The Morgan fingerprint density at radius 3 is 1.79 bits per heavy atom. The SMILES string of the molecule is CCCCCCCCCCCCc1ccc(-c2cnc(-c3ccc(OCC(C)OCCCC)cc3)nc2)cc1. The van der Waals surface area contributed by atoms with Gasteiger partial charge in [0.05, 0.1) is 6.10 Å². The van der Waals surface area contributed by atoms with Gasteiger partial charge in [-0.2, -0.15) is 0 Å². The van der Waals surface area contributed by atoms with Crippen molar-refractivity contribution in [1.82, 2.24) is 9.97 Å². The summed E-state index contributed by atoms with van der Waals surface area (Å²) in [5.41, 5.74) is 4.60. The third kappa shape index (κ3) is 11.9. The molecule has 2 aromatic carbocycles. The molecule has 0 fully saturated rings. The lowest BCUT2D eigenvalue weighted by molar-refractivity contribution is 0.0309. The fraction of sp³-hybridized carbons (Fsp3) is 0.543. The van der Waals surface area contributed by atoms with Crippen LogP contribution in [0.15, 0.2) is 60.9 Å². The Morgan fingerprint density at radius 2 is 1.18 bits per heavy atom. The minimum Gasteiger partial charge on any atom is -0.491 e. The van der Waals surface area contributed by atoms with Gasteiger partial charge in [-0.15, -0.1) is 0 Å². The zero-order valence-electron chi connectivity index (χ0n) is 24.7. The lowest BCUT2D eigenvalue weighted by Crippen LogP contribution is -2.18. The van der Waals surface area contributed by atoms with Crippen molar-refractivity contribution in [2.24, 2.45) is 0 Å². The zero-order valence-corrected chi connectivity index (χ0v) is 24.7. The molecule has 0 amide bonds. The van der Waals surface area contributed by atoms with Gasteiger partial charge < -0.3 is 9.47 Å². The highest BCUT2D eigenvalue weighted by Crippen LogP contribution is 2.23. The minimum atomic E-state index is 0.0842. The Hall–Kier alpha value is -2.72. The van der Waals surface area contributed by atoms with Crippen LogP contribution in [0.3, 0.4) is 0 Å². The summed E-state index contributed by atoms with van der Waals surface area (Å²) < 4.78 is 11.6. The number of nitrogens with zero attached hydrogens (tertiary/aromatic N) is 2.